The third kappa shape index (κ3) is 5.93. The number of hydrogen-bond donors (Lipinski definition) is 2. The molecule has 0 heterocycles. The van der Waals surface area contributed by atoms with Crippen LogP contribution >= 0.6 is 11.6 Å². The van der Waals surface area contributed by atoms with Crippen molar-refractivity contribution in [1.82, 2.24) is 5.32 Å². The van der Waals surface area contributed by atoms with E-state index in [1.54, 1.807) is 0 Å². The number of nitrogens with one attached hydrogen (secondary N) is 1. The van der Waals surface area contributed by atoms with E-state index < -0.39 is 0 Å². The number of unbranched alkanes of at least 4 members (excludes halogenated alkanes) is 2. The van der Waals surface area contributed by atoms with Crippen molar-refractivity contribution >= 4 is 17.5 Å². The SMILES string of the molecule is CCCC(C(=O)NCCCCCO)c1ccc(Cl)cc1. The average Bonchev–Trinajstić information content (AvgIpc) is 2.45. The summed E-state index contributed by atoms with van der Waals surface area (Å²) in [7, 11) is 0. The van der Waals surface area contributed by atoms with Crippen molar-refractivity contribution < 1.29 is 9.90 Å². The fourth-order valence-corrected chi connectivity index (χ4v) is 2.31. The van der Waals surface area contributed by atoms with Crippen molar-refractivity contribution in [3.63, 3.8) is 0 Å². The van der Waals surface area contributed by atoms with Crippen molar-refractivity contribution in [3.8, 4) is 0 Å². The van der Waals surface area contributed by atoms with Gasteiger partial charge in [-0.3, -0.25) is 4.79 Å². The van der Waals surface area contributed by atoms with E-state index in [0.29, 0.717) is 11.6 Å². The van der Waals surface area contributed by atoms with Crippen LogP contribution in [-0.2, 0) is 4.79 Å². The van der Waals surface area contributed by atoms with Gasteiger partial charge in [0.05, 0.1) is 5.92 Å². The van der Waals surface area contributed by atoms with Crippen LogP contribution in [0.3, 0.4) is 0 Å². The molecule has 1 amide bonds. The standard InChI is InChI=1S/C16H24ClNO2/c1-2-6-15(13-7-9-14(17)10-8-13)16(20)18-11-4-3-5-12-19/h7-10,15,19H,2-6,11-12H2,1H3,(H,18,20). The molecule has 0 aliphatic heterocycles. The summed E-state index contributed by atoms with van der Waals surface area (Å²) >= 11 is 5.88. The third-order valence-corrected chi connectivity index (χ3v) is 3.55. The first kappa shape index (κ1) is 17.0. The molecule has 4 heteroatoms. The lowest BCUT2D eigenvalue weighted by Crippen LogP contribution is -2.30. The maximum atomic E-state index is 12.3. The number of benzene rings is 1. The first-order valence-electron chi connectivity index (χ1n) is 7.33. The molecule has 1 atom stereocenters. The first-order valence-corrected chi connectivity index (χ1v) is 7.70. The van der Waals surface area contributed by atoms with Crippen LogP contribution in [0.1, 0.15) is 50.5 Å². The molecule has 0 spiro atoms. The summed E-state index contributed by atoms with van der Waals surface area (Å²) in [5, 5.41) is 12.4. The fourth-order valence-electron chi connectivity index (χ4n) is 2.18. The monoisotopic (exact) mass is 297 g/mol. The van der Waals surface area contributed by atoms with Crippen LogP contribution < -0.4 is 5.32 Å². The molecule has 0 aliphatic carbocycles. The third-order valence-electron chi connectivity index (χ3n) is 3.30. The second-order valence-electron chi connectivity index (χ2n) is 4.97. The number of carbonyl (C=O) groups is 1. The fraction of sp³-hybridized carbons (Fsp3) is 0.562. The Labute approximate surface area is 126 Å². The Morgan fingerprint density at radius 2 is 1.95 bits per heavy atom. The minimum atomic E-state index is -0.102. The Morgan fingerprint density at radius 3 is 2.55 bits per heavy atom. The van der Waals surface area contributed by atoms with Crippen LogP contribution in [0.25, 0.3) is 0 Å². The van der Waals surface area contributed by atoms with E-state index in [9.17, 15) is 4.79 Å². The summed E-state index contributed by atoms with van der Waals surface area (Å²) in [6.07, 6.45) is 4.45. The zero-order valence-corrected chi connectivity index (χ0v) is 12.8. The lowest BCUT2D eigenvalue weighted by molar-refractivity contribution is -0.122. The molecule has 0 saturated heterocycles. The second kappa shape index (κ2) is 9.78. The van der Waals surface area contributed by atoms with Crippen molar-refractivity contribution in [3.05, 3.63) is 34.9 Å². The topological polar surface area (TPSA) is 49.3 Å². The van der Waals surface area contributed by atoms with Crippen LogP contribution in [0.4, 0.5) is 0 Å². The molecule has 3 nitrogen and oxygen atoms in total. The Hall–Kier alpha value is -1.06. The molecule has 0 radical (unpaired) electrons. The molecule has 1 aromatic rings. The van der Waals surface area contributed by atoms with Gasteiger partial charge in [-0.2, -0.15) is 0 Å². The summed E-state index contributed by atoms with van der Waals surface area (Å²) in [5.74, 6) is -0.0201. The zero-order valence-electron chi connectivity index (χ0n) is 12.1. The van der Waals surface area contributed by atoms with Gasteiger partial charge in [0.2, 0.25) is 5.91 Å². The molecule has 0 bridgehead atoms. The molecule has 0 aromatic heterocycles. The number of carbonyl (C=O) groups excluding carboxylic acids is 1. The van der Waals surface area contributed by atoms with E-state index >= 15 is 0 Å². The Bertz CT molecular complexity index is 392. The number of hydrogen-bond acceptors (Lipinski definition) is 2. The first-order chi connectivity index (χ1) is 9.69. The Morgan fingerprint density at radius 1 is 1.25 bits per heavy atom. The molecule has 0 aliphatic rings. The maximum absolute atomic E-state index is 12.3. The molecule has 112 valence electrons. The van der Waals surface area contributed by atoms with Crippen molar-refractivity contribution in [2.45, 2.75) is 44.9 Å². The van der Waals surface area contributed by atoms with Crippen LogP contribution in [0.2, 0.25) is 5.02 Å². The summed E-state index contributed by atoms with van der Waals surface area (Å²) in [6, 6.07) is 7.50. The molecule has 1 rings (SSSR count). The van der Waals surface area contributed by atoms with Gasteiger partial charge in [-0.05, 0) is 43.4 Å². The highest BCUT2D eigenvalue weighted by atomic mass is 35.5. The lowest BCUT2D eigenvalue weighted by Gasteiger charge is -2.16. The maximum Gasteiger partial charge on any atom is 0.227 e. The van der Waals surface area contributed by atoms with Gasteiger partial charge in [-0.1, -0.05) is 37.1 Å². The zero-order chi connectivity index (χ0) is 14.8. The van der Waals surface area contributed by atoms with Gasteiger partial charge in [-0.15, -0.1) is 0 Å². The molecular formula is C16H24ClNO2. The van der Waals surface area contributed by atoms with Gasteiger partial charge < -0.3 is 10.4 Å². The normalized spacial score (nSPS) is 12.2. The quantitative estimate of drug-likeness (QED) is 0.685. The lowest BCUT2D eigenvalue weighted by atomic mass is 9.93. The Kier molecular flexibility index (Phi) is 8.31. The minimum absolute atomic E-state index is 0.0816. The molecule has 20 heavy (non-hydrogen) atoms. The predicted octanol–water partition coefficient (Wildman–Crippen LogP) is 3.50. The largest absolute Gasteiger partial charge is 0.396 e. The molecule has 0 fully saturated rings. The summed E-state index contributed by atoms with van der Waals surface area (Å²) in [5.41, 5.74) is 1.02. The van der Waals surface area contributed by atoms with E-state index in [4.69, 9.17) is 16.7 Å². The number of rotatable bonds is 9. The van der Waals surface area contributed by atoms with Crippen LogP contribution in [-0.4, -0.2) is 24.2 Å². The summed E-state index contributed by atoms with van der Waals surface area (Å²) in [4.78, 5) is 12.3. The van der Waals surface area contributed by atoms with Crippen molar-refractivity contribution in [2.75, 3.05) is 13.2 Å². The molecule has 2 N–H and O–H groups in total. The smallest absolute Gasteiger partial charge is 0.227 e. The van der Waals surface area contributed by atoms with Crippen molar-refractivity contribution in [2.24, 2.45) is 0 Å². The molecule has 1 aromatic carbocycles. The van der Waals surface area contributed by atoms with Crippen LogP contribution in [0.15, 0.2) is 24.3 Å². The number of halogens is 1. The molecule has 1 unspecified atom stereocenters. The van der Waals surface area contributed by atoms with Gasteiger partial charge in [0.25, 0.3) is 0 Å². The number of aliphatic hydroxyl groups is 1. The predicted molar refractivity (Wildman–Crippen MR) is 83.0 cm³/mol. The highest BCUT2D eigenvalue weighted by Gasteiger charge is 2.19. The highest BCUT2D eigenvalue weighted by molar-refractivity contribution is 6.30. The second-order valence-corrected chi connectivity index (χ2v) is 5.40. The van der Waals surface area contributed by atoms with Crippen LogP contribution in [0, 0.1) is 0 Å². The molecule has 0 saturated carbocycles. The van der Waals surface area contributed by atoms with E-state index in [1.165, 1.54) is 0 Å². The van der Waals surface area contributed by atoms with E-state index in [-0.39, 0.29) is 18.4 Å². The van der Waals surface area contributed by atoms with E-state index in [0.717, 1.165) is 37.7 Å². The van der Waals surface area contributed by atoms with Gasteiger partial charge in [0.1, 0.15) is 0 Å². The number of aliphatic hydroxyl groups excluding tert-OH is 1. The Balaban J connectivity index is 2.52. The number of amides is 1. The minimum Gasteiger partial charge on any atom is -0.396 e. The van der Waals surface area contributed by atoms with E-state index in [2.05, 4.69) is 12.2 Å². The van der Waals surface area contributed by atoms with E-state index in [1.807, 2.05) is 24.3 Å². The van der Waals surface area contributed by atoms with Gasteiger partial charge >= 0.3 is 0 Å². The van der Waals surface area contributed by atoms with Crippen LogP contribution in [0.5, 0.6) is 0 Å². The summed E-state index contributed by atoms with van der Waals surface area (Å²) < 4.78 is 0. The van der Waals surface area contributed by atoms with Crippen molar-refractivity contribution in [1.29, 1.82) is 0 Å². The van der Waals surface area contributed by atoms with Gasteiger partial charge in [0, 0.05) is 18.2 Å². The van der Waals surface area contributed by atoms with Gasteiger partial charge in [0.15, 0.2) is 0 Å². The summed E-state index contributed by atoms with van der Waals surface area (Å²) in [6.45, 7) is 2.97. The average molecular weight is 298 g/mol. The molecular weight excluding hydrogens is 274 g/mol. The highest BCUT2D eigenvalue weighted by Crippen LogP contribution is 2.23. The van der Waals surface area contributed by atoms with Gasteiger partial charge in [-0.25, -0.2) is 0 Å².